The average Bonchev–Trinajstić information content (AvgIpc) is 3.15. The SMILES string of the molecule is CCCCCCCCCCCc1nccc(C(=O)Nc2ccn([C@@H]3O[C@H](CO)[C@@H](O)C3(F)F)c(=O)n2)c1C(=O)O. The molecular formula is C27H36F2N4O7. The highest BCUT2D eigenvalue weighted by Crippen LogP contribution is 2.42. The molecule has 3 atom stereocenters. The van der Waals surface area contributed by atoms with E-state index < -0.39 is 48.5 Å². The van der Waals surface area contributed by atoms with Gasteiger partial charge in [0.15, 0.2) is 6.10 Å². The van der Waals surface area contributed by atoms with E-state index in [0.29, 0.717) is 17.4 Å². The molecule has 2 aromatic rings. The van der Waals surface area contributed by atoms with Crippen LogP contribution in [0.1, 0.15) is 97.3 Å². The van der Waals surface area contributed by atoms with Crippen molar-refractivity contribution < 1.29 is 38.4 Å². The van der Waals surface area contributed by atoms with E-state index in [1.807, 2.05) is 0 Å². The molecule has 0 aromatic carbocycles. The van der Waals surface area contributed by atoms with Crippen LogP contribution in [0.25, 0.3) is 0 Å². The topological polar surface area (TPSA) is 164 Å². The molecule has 1 amide bonds. The number of carboxylic acids is 1. The number of carbonyl (C=O) groups excluding carboxylic acids is 1. The third-order valence-corrected chi connectivity index (χ3v) is 6.89. The molecule has 0 saturated carbocycles. The van der Waals surface area contributed by atoms with Gasteiger partial charge in [-0.15, -0.1) is 0 Å². The Bertz CT molecular complexity index is 1220. The lowest BCUT2D eigenvalue weighted by atomic mass is 10.0. The van der Waals surface area contributed by atoms with Crippen molar-refractivity contribution in [2.45, 2.75) is 95.5 Å². The Balaban J connectivity index is 1.66. The number of aromatic nitrogens is 3. The van der Waals surface area contributed by atoms with Crippen LogP contribution in [0.4, 0.5) is 14.6 Å². The lowest BCUT2D eigenvalue weighted by Gasteiger charge is -2.21. The van der Waals surface area contributed by atoms with Crippen LogP contribution in [0, 0.1) is 0 Å². The number of aliphatic hydroxyl groups excluding tert-OH is 2. The van der Waals surface area contributed by atoms with Crippen molar-refractivity contribution in [2.75, 3.05) is 11.9 Å². The van der Waals surface area contributed by atoms with Crippen molar-refractivity contribution in [2.24, 2.45) is 0 Å². The Morgan fingerprint density at radius 2 is 1.75 bits per heavy atom. The van der Waals surface area contributed by atoms with Gasteiger partial charge in [-0.1, -0.05) is 58.3 Å². The number of rotatable bonds is 15. The summed E-state index contributed by atoms with van der Waals surface area (Å²) in [5, 5.41) is 30.9. The van der Waals surface area contributed by atoms with Gasteiger partial charge in [0.05, 0.1) is 23.4 Å². The summed E-state index contributed by atoms with van der Waals surface area (Å²) in [6.45, 7) is 1.29. The predicted molar refractivity (Wildman–Crippen MR) is 141 cm³/mol. The number of anilines is 1. The highest BCUT2D eigenvalue weighted by atomic mass is 19.3. The van der Waals surface area contributed by atoms with Crippen molar-refractivity contribution in [1.82, 2.24) is 14.5 Å². The monoisotopic (exact) mass is 566 g/mol. The van der Waals surface area contributed by atoms with E-state index in [1.165, 1.54) is 44.4 Å². The molecule has 4 N–H and O–H groups in total. The third kappa shape index (κ3) is 7.46. The number of amides is 1. The fraction of sp³-hybridized carbons (Fsp3) is 0.593. The number of hydrogen-bond acceptors (Lipinski definition) is 8. The van der Waals surface area contributed by atoms with Crippen LogP contribution >= 0.6 is 0 Å². The molecule has 40 heavy (non-hydrogen) atoms. The van der Waals surface area contributed by atoms with Crippen LogP contribution in [0.2, 0.25) is 0 Å². The van der Waals surface area contributed by atoms with Gasteiger partial charge in [0.2, 0.25) is 6.23 Å². The molecule has 0 aliphatic carbocycles. The van der Waals surface area contributed by atoms with E-state index in [-0.39, 0.29) is 22.6 Å². The zero-order chi connectivity index (χ0) is 29.3. The largest absolute Gasteiger partial charge is 0.478 e. The summed E-state index contributed by atoms with van der Waals surface area (Å²) in [6, 6.07) is 2.30. The van der Waals surface area contributed by atoms with Gasteiger partial charge in [0.1, 0.15) is 11.9 Å². The smallest absolute Gasteiger partial charge is 0.351 e. The van der Waals surface area contributed by atoms with Gasteiger partial charge >= 0.3 is 17.6 Å². The van der Waals surface area contributed by atoms with Gasteiger partial charge in [0.25, 0.3) is 5.91 Å². The summed E-state index contributed by atoms with van der Waals surface area (Å²) in [6.07, 6.45) is 6.31. The molecule has 1 aliphatic rings. The second kappa shape index (κ2) is 14.4. The van der Waals surface area contributed by atoms with Crippen molar-refractivity contribution in [1.29, 1.82) is 0 Å². The second-order valence-electron chi connectivity index (χ2n) is 9.85. The molecule has 11 nitrogen and oxygen atoms in total. The van der Waals surface area contributed by atoms with E-state index >= 15 is 0 Å². The highest BCUT2D eigenvalue weighted by molar-refractivity contribution is 6.10. The number of nitrogens with one attached hydrogen (secondary N) is 1. The Kier molecular flexibility index (Phi) is 11.2. The maximum Gasteiger partial charge on any atom is 0.351 e. The Hall–Kier alpha value is -3.29. The molecule has 1 fully saturated rings. The summed E-state index contributed by atoms with van der Waals surface area (Å²) in [5.41, 5.74) is -1.38. The standard InChI is InChI=1S/C27H36F2N4O7/c1-2-3-4-5-6-7-8-9-10-11-18-21(24(37)38)17(12-14-30-18)23(36)31-20-13-15-33(26(39)32-20)25-27(28,29)22(35)19(16-34)40-25/h12-15,19,22,25,34-35H,2-11,16H2,1H3,(H,37,38)(H,31,32,36,39)/t19-,22-,25-/m1/s1. The molecule has 13 heteroatoms. The van der Waals surface area contributed by atoms with Gasteiger partial charge in [-0.25, -0.2) is 9.59 Å². The normalized spacial score (nSPS) is 20.0. The van der Waals surface area contributed by atoms with E-state index in [0.717, 1.165) is 31.5 Å². The molecule has 0 radical (unpaired) electrons. The van der Waals surface area contributed by atoms with Crippen molar-refractivity contribution >= 4 is 17.7 Å². The van der Waals surface area contributed by atoms with E-state index in [2.05, 4.69) is 22.2 Å². The number of aromatic carboxylic acids is 1. The molecule has 1 saturated heterocycles. The van der Waals surface area contributed by atoms with Gasteiger partial charge in [-0.05, 0) is 25.0 Å². The Morgan fingerprint density at radius 1 is 1.10 bits per heavy atom. The number of aliphatic hydroxyl groups is 2. The maximum absolute atomic E-state index is 14.4. The lowest BCUT2D eigenvalue weighted by Crippen LogP contribution is -2.41. The minimum Gasteiger partial charge on any atom is -0.478 e. The number of pyridine rings is 1. The number of carbonyl (C=O) groups is 2. The number of halogens is 2. The number of unbranched alkanes of at least 4 members (excludes halogenated alkanes) is 8. The van der Waals surface area contributed by atoms with Crippen molar-refractivity contribution in [3.05, 3.63) is 51.8 Å². The summed E-state index contributed by atoms with van der Waals surface area (Å²) in [4.78, 5) is 45.2. The van der Waals surface area contributed by atoms with Gasteiger partial charge in [-0.2, -0.15) is 13.8 Å². The number of carboxylic acid groups (broad SMARTS) is 1. The fourth-order valence-electron chi connectivity index (χ4n) is 4.69. The molecule has 2 aromatic heterocycles. The van der Waals surface area contributed by atoms with Gasteiger partial charge in [-0.3, -0.25) is 14.3 Å². The highest BCUT2D eigenvalue weighted by Gasteiger charge is 2.59. The quantitative estimate of drug-likeness (QED) is 0.236. The van der Waals surface area contributed by atoms with Crippen molar-refractivity contribution in [3.8, 4) is 0 Å². The Morgan fingerprint density at radius 3 is 2.33 bits per heavy atom. The third-order valence-electron chi connectivity index (χ3n) is 6.89. The molecule has 220 valence electrons. The summed E-state index contributed by atoms with van der Waals surface area (Å²) < 4.78 is 34.2. The molecular weight excluding hydrogens is 530 g/mol. The number of hydrogen-bond donors (Lipinski definition) is 4. The number of ether oxygens (including phenoxy) is 1. The van der Waals surface area contributed by atoms with E-state index in [4.69, 9.17) is 9.84 Å². The first-order valence-electron chi connectivity index (χ1n) is 13.6. The minimum absolute atomic E-state index is 0.182. The first-order valence-corrected chi connectivity index (χ1v) is 13.6. The first-order chi connectivity index (χ1) is 19.1. The average molecular weight is 567 g/mol. The molecule has 3 heterocycles. The molecule has 3 rings (SSSR count). The number of aryl methyl sites for hydroxylation is 1. The van der Waals surface area contributed by atoms with Crippen LogP contribution in [0.5, 0.6) is 0 Å². The molecule has 0 unspecified atom stereocenters. The van der Waals surface area contributed by atoms with Crippen LogP contribution in [0.3, 0.4) is 0 Å². The van der Waals surface area contributed by atoms with Crippen LogP contribution < -0.4 is 11.0 Å². The summed E-state index contributed by atoms with van der Waals surface area (Å²) in [5.74, 6) is -6.39. The van der Waals surface area contributed by atoms with Crippen molar-refractivity contribution in [3.63, 3.8) is 0 Å². The predicted octanol–water partition coefficient (Wildman–Crippen LogP) is 3.55. The lowest BCUT2D eigenvalue weighted by molar-refractivity contribution is -0.140. The summed E-state index contributed by atoms with van der Waals surface area (Å²) >= 11 is 0. The molecule has 0 spiro atoms. The molecule has 0 bridgehead atoms. The van der Waals surface area contributed by atoms with E-state index in [9.17, 15) is 33.4 Å². The zero-order valence-corrected chi connectivity index (χ0v) is 22.4. The summed E-state index contributed by atoms with van der Waals surface area (Å²) in [7, 11) is 0. The number of alkyl halides is 2. The van der Waals surface area contributed by atoms with Gasteiger partial charge < -0.3 is 25.4 Å². The Labute approximate surface area is 230 Å². The number of nitrogens with zero attached hydrogens (tertiary/aromatic N) is 3. The first kappa shape index (κ1) is 31.2. The zero-order valence-electron chi connectivity index (χ0n) is 22.4. The minimum atomic E-state index is -3.89. The van der Waals surface area contributed by atoms with Gasteiger partial charge in [0, 0.05) is 12.4 Å². The van der Waals surface area contributed by atoms with Crippen LogP contribution in [-0.2, 0) is 11.2 Å². The van der Waals surface area contributed by atoms with E-state index in [1.54, 1.807) is 0 Å². The second-order valence-corrected chi connectivity index (χ2v) is 9.85. The van der Waals surface area contributed by atoms with Crippen LogP contribution in [-0.4, -0.2) is 66.5 Å². The fourth-order valence-corrected chi connectivity index (χ4v) is 4.69. The van der Waals surface area contributed by atoms with Crippen LogP contribution in [0.15, 0.2) is 29.3 Å². The molecule has 1 aliphatic heterocycles. The maximum atomic E-state index is 14.4.